The van der Waals surface area contributed by atoms with E-state index in [1.54, 1.807) is 0 Å². The second kappa shape index (κ2) is 7.77. The molecule has 7 nitrogen and oxygen atoms in total. The van der Waals surface area contributed by atoms with Crippen molar-refractivity contribution in [2.45, 2.75) is 0 Å². The van der Waals surface area contributed by atoms with Crippen LogP contribution in [0.1, 0.15) is 10.4 Å². The van der Waals surface area contributed by atoms with Gasteiger partial charge in [-0.1, -0.05) is 60.7 Å². The van der Waals surface area contributed by atoms with Gasteiger partial charge in [0.05, 0.1) is 0 Å². The Morgan fingerprint density at radius 1 is 0.793 bits per heavy atom. The van der Waals surface area contributed by atoms with Gasteiger partial charge in [0.1, 0.15) is 22.7 Å². The highest BCUT2D eigenvalue weighted by Crippen LogP contribution is 2.30. The van der Waals surface area contributed by atoms with Crippen LogP contribution in [0.5, 0.6) is 5.75 Å². The van der Waals surface area contributed by atoms with E-state index in [1.165, 1.54) is 18.2 Å². The smallest absolute Gasteiger partial charge is 0.339 e. The van der Waals surface area contributed by atoms with E-state index in [2.05, 4.69) is 20.5 Å². The Labute approximate surface area is 166 Å². The van der Waals surface area contributed by atoms with Crippen LogP contribution in [-0.2, 0) is 0 Å². The zero-order chi connectivity index (χ0) is 20.2. The third-order valence-corrected chi connectivity index (χ3v) is 4.27. The molecule has 3 aromatic carbocycles. The first kappa shape index (κ1) is 18.1. The quantitative estimate of drug-likeness (QED) is 0.469. The number of aromatic nitrogens is 3. The van der Waals surface area contributed by atoms with Crippen LogP contribution in [0.15, 0.2) is 78.9 Å². The van der Waals surface area contributed by atoms with E-state index in [0.29, 0.717) is 17.1 Å². The molecule has 29 heavy (non-hydrogen) atoms. The molecule has 0 unspecified atom stereocenters. The minimum Gasteiger partial charge on any atom is -0.507 e. The third-order valence-electron chi connectivity index (χ3n) is 4.27. The molecular weight excluding hydrogens is 368 g/mol. The molecule has 0 atom stereocenters. The number of anilines is 2. The highest BCUT2D eigenvalue weighted by molar-refractivity contribution is 5.91. The fraction of sp³-hybridized carbons (Fsp3) is 0. The maximum absolute atomic E-state index is 11.1. The number of carboxylic acids is 1. The van der Waals surface area contributed by atoms with Gasteiger partial charge in [-0.15, -0.1) is 10.2 Å². The van der Waals surface area contributed by atoms with Crippen LogP contribution >= 0.6 is 0 Å². The van der Waals surface area contributed by atoms with Crippen molar-refractivity contribution in [3.8, 4) is 28.3 Å². The first-order chi connectivity index (χ1) is 14.1. The fourth-order valence-electron chi connectivity index (χ4n) is 2.89. The molecule has 7 heteroatoms. The summed E-state index contributed by atoms with van der Waals surface area (Å²) in [6.07, 6.45) is 0. The lowest BCUT2D eigenvalue weighted by molar-refractivity contribution is 0.0694. The van der Waals surface area contributed by atoms with Crippen LogP contribution in [0.2, 0.25) is 0 Å². The second-order valence-electron chi connectivity index (χ2n) is 6.23. The van der Waals surface area contributed by atoms with E-state index in [0.717, 1.165) is 11.1 Å². The minimum absolute atomic E-state index is 0.181. The SMILES string of the molecule is O=C(O)c1ccc(Nc2nnc(-c3ccccc3)c(-c3ccccc3)n2)cc1O. The van der Waals surface area contributed by atoms with Crippen LogP contribution in [0.25, 0.3) is 22.5 Å². The largest absolute Gasteiger partial charge is 0.507 e. The molecule has 1 heterocycles. The number of nitrogens with one attached hydrogen (secondary N) is 1. The number of benzene rings is 3. The van der Waals surface area contributed by atoms with Crippen LogP contribution in [0.4, 0.5) is 11.6 Å². The number of nitrogens with zero attached hydrogens (tertiary/aromatic N) is 3. The normalized spacial score (nSPS) is 10.5. The molecule has 0 radical (unpaired) electrons. The van der Waals surface area contributed by atoms with E-state index in [9.17, 15) is 9.90 Å². The lowest BCUT2D eigenvalue weighted by Gasteiger charge is -2.11. The Morgan fingerprint density at radius 2 is 1.41 bits per heavy atom. The number of hydrogen-bond donors (Lipinski definition) is 3. The highest BCUT2D eigenvalue weighted by Gasteiger charge is 2.14. The van der Waals surface area contributed by atoms with Gasteiger partial charge >= 0.3 is 5.97 Å². The predicted octanol–water partition coefficient (Wildman–Crippen LogP) is 4.35. The van der Waals surface area contributed by atoms with Gasteiger partial charge in [-0.3, -0.25) is 0 Å². The average Bonchev–Trinajstić information content (AvgIpc) is 2.75. The van der Waals surface area contributed by atoms with E-state index in [1.807, 2.05) is 60.7 Å². The van der Waals surface area contributed by atoms with Gasteiger partial charge in [0.15, 0.2) is 0 Å². The molecule has 4 rings (SSSR count). The minimum atomic E-state index is -1.20. The molecular formula is C22H16N4O3. The molecule has 0 fully saturated rings. The van der Waals surface area contributed by atoms with Crippen molar-refractivity contribution in [1.82, 2.24) is 15.2 Å². The van der Waals surface area contributed by atoms with Gasteiger partial charge in [-0.05, 0) is 12.1 Å². The van der Waals surface area contributed by atoms with Gasteiger partial charge in [0.2, 0.25) is 5.95 Å². The molecule has 142 valence electrons. The van der Waals surface area contributed by atoms with Crippen LogP contribution < -0.4 is 5.32 Å². The van der Waals surface area contributed by atoms with Crippen molar-refractivity contribution < 1.29 is 15.0 Å². The first-order valence-corrected chi connectivity index (χ1v) is 8.81. The Bertz CT molecular complexity index is 1170. The summed E-state index contributed by atoms with van der Waals surface area (Å²) in [5.74, 6) is -1.32. The van der Waals surface area contributed by atoms with Crippen molar-refractivity contribution in [3.63, 3.8) is 0 Å². The molecule has 0 amide bonds. The van der Waals surface area contributed by atoms with E-state index in [4.69, 9.17) is 5.11 Å². The fourth-order valence-corrected chi connectivity index (χ4v) is 2.89. The molecule has 3 N–H and O–H groups in total. The summed E-state index contributed by atoms with van der Waals surface area (Å²) in [6.45, 7) is 0. The standard InChI is InChI=1S/C22H16N4O3/c27-18-13-16(11-12-17(18)21(28)29)23-22-24-19(14-7-3-1-4-8-14)20(25-26-22)15-9-5-2-6-10-15/h1-13,27H,(H,28,29)(H,23,24,26). The van der Waals surface area contributed by atoms with Crippen LogP contribution in [0, 0.1) is 0 Å². The summed E-state index contributed by atoms with van der Waals surface area (Å²) in [6, 6.07) is 23.4. The number of hydrogen-bond acceptors (Lipinski definition) is 6. The summed E-state index contributed by atoms with van der Waals surface area (Å²) in [7, 11) is 0. The molecule has 0 aliphatic carbocycles. The summed E-state index contributed by atoms with van der Waals surface area (Å²) < 4.78 is 0. The van der Waals surface area contributed by atoms with E-state index >= 15 is 0 Å². The first-order valence-electron chi connectivity index (χ1n) is 8.81. The van der Waals surface area contributed by atoms with Crippen molar-refractivity contribution in [2.24, 2.45) is 0 Å². The van der Waals surface area contributed by atoms with E-state index in [-0.39, 0.29) is 17.3 Å². The topological polar surface area (TPSA) is 108 Å². The van der Waals surface area contributed by atoms with Gasteiger partial charge in [-0.2, -0.15) is 0 Å². The molecule has 0 aliphatic rings. The van der Waals surface area contributed by atoms with Crippen LogP contribution in [0.3, 0.4) is 0 Å². The molecule has 4 aromatic rings. The van der Waals surface area contributed by atoms with Gasteiger partial charge in [0.25, 0.3) is 0 Å². The van der Waals surface area contributed by atoms with Crippen molar-refractivity contribution >= 4 is 17.6 Å². The number of carbonyl (C=O) groups is 1. The van der Waals surface area contributed by atoms with Crippen molar-refractivity contribution in [3.05, 3.63) is 84.4 Å². The van der Waals surface area contributed by atoms with E-state index < -0.39 is 5.97 Å². The Hall–Kier alpha value is -4.26. The predicted molar refractivity (Wildman–Crippen MR) is 109 cm³/mol. The maximum atomic E-state index is 11.1. The monoisotopic (exact) mass is 384 g/mol. The summed E-state index contributed by atoms with van der Waals surface area (Å²) >= 11 is 0. The van der Waals surface area contributed by atoms with Crippen molar-refractivity contribution in [1.29, 1.82) is 0 Å². The van der Waals surface area contributed by atoms with Gasteiger partial charge in [-0.25, -0.2) is 9.78 Å². The van der Waals surface area contributed by atoms with Crippen molar-refractivity contribution in [2.75, 3.05) is 5.32 Å². The zero-order valence-corrected chi connectivity index (χ0v) is 15.1. The zero-order valence-electron chi connectivity index (χ0n) is 15.1. The lowest BCUT2D eigenvalue weighted by atomic mass is 10.0. The average molecular weight is 384 g/mol. The number of rotatable bonds is 5. The summed E-state index contributed by atoms with van der Waals surface area (Å²) in [5.41, 5.74) is 3.33. The molecule has 0 saturated heterocycles. The third kappa shape index (κ3) is 3.89. The number of aromatic carboxylic acids is 1. The lowest BCUT2D eigenvalue weighted by Crippen LogP contribution is -2.04. The molecule has 0 bridgehead atoms. The Kier molecular flexibility index (Phi) is 4.86. The second-order valence-corrected chi connectivity index (χ2v) is 6.23. The summed E-state index contributed by atoms with van der Waals surface area (Å²) in [4.78, 5) is 15.7. The maximum Gasteiger partial charge on any atom is 0.339 e. The van der Waals surface area contributed by atoms with Gasteiger partial charge in [0, 0.05) is 22.9 Å². The molecule has 1 aromatic heterocycles. The number of aromatic hydroxyl groups is 1. The Morgan fingerprint density at radius 3 is 2.00 bits per heavy atom. The van der Waals surface area contributed by atoms with Crippen LogP contribution in [-0.4, -0.2) is 31.4 Å². The molecule has 0 saturated carbocycles. The molecule has 0 spiro atoms. The summed E-state index contributed by atoms with van der Waals surface area (Å²) in [5, 5.41) is 30.4. The number of phenols is 1. The highest BCUT2D eigenvalue weighted by atomic mass is 16.4. The van der Waals surface area contributed by atoms with Gasteiger partial charge < -0.3 is 15.5 Å². The Balaban J connectivity index is 1.74. The molecule has 0 aliphatic heterocycles. The number of carboxylic acid groups (broad SMARTS) is 1.